The van der Waals surface area contributed by atoms with E-state index < -0.39 is 21.6 Å². The molecule has 1 aromatic rings. The average Bonchev–Trinajstić information content (AvgIpc) is 2.96. The molecule has 24 heavy (non-hydrogen) atoms. The van der Waals surface area contributed by atoms with Gasteiger partial charge in [0.2, 0.25) is 10.0 Å². The predicted octanol–water partition coefficient (Wildman–Crippen LogP) is 2.19. The van der Waals surface area contributed by atoms with E-state index in [0.717, 1.165) is 31.7 Å². The SMILES string of the molecule is COc1ccc(S(=O)(=O)NCC2COC3(CCCCC3)O2)cc1F. The van der Waals surface area contributed by atoms with Gasteiger partial charge in [-0.15, -0.1) is 0 Å². The molecule has 1 atom stereocenters. The minimum Gasteiger partial charge on any atom is -0.494 e. The standard InChI is InChI=1S/C16H22FNO5S/c1-21-15-6-5-13(9-14(15)17)24(19,20)18-10-12-11-22-16(23-12)7-3-2-4-8-16/h5-6,9,12,18H,2-4,7-8,10-11H2,1H3. The Hall–Kier alpha value is -1.22. The van der Waals surface area contributed by atoms with Crippen molar-refractivity contribution in [1.82, 2.24) is 4.72 Å². The topological polar surface area (TPSA) is 73.9 Å². The summed E-state index contributed by atoms with van der Waals surface area (Å²) in [5.74, 6) is -1.26. The van der Waals surface area contributed by atoms with Gasteiger partial charge in [0.15, 0.2) is 17.4 Å². The van der Waals surface area contributed by atoms with Crippen LogP contribution in [0.5, 0.6) is 5.75 Å². The molecule has 0 amide bonds. The van der Waals surface area contributed by atoms with Crippen LogP contribution in [0.2, 0.25) is 0 Å². The highest BCUT2D eigenvalue weighted by Gasteiger charge is 2.42. The highest BCUT2D eigenvalue weighted by atomic mass is 32.2. The molecule has 1 unspecified atom stereocenters. The van der Waals surface area contributed by atoms with Crippen LogP contribution in [0.3, 0.4) is 0 Å². The first kappa shape index (κ1) is 17.6. The molecule has 1 saturated carbocycles. The molecule has 8 heteroatoms. The third kappa shape index (κ3) is 3.72. The lowest BCUT2D eigenvalue weighted by Crippen LogP contribution is -2.37. The maximum Gasteiger partial charge on any atom is 0.240 e. The van der Waals surface area contributed by atoms with Gasteiger partial charge in [-0.05, 0) is 31.0 Å². The first-order chi connectivity index (χ1) is 11.4. The molecule has 1 aromatic carbocycles. The van der Waals surface area contributed by atoms with Gasteiger partial charge in [-0.25, -0.2) is 17.5 Å². The van der Waals surface area contributed by atoms with Crippen molar-refractivity contribution in [2.45, 2.75) is 48.9 Å². The molecule has 1 saturated heterocycles. The van der Waals surface area contributed by atoms with Gasteiger partial charge < -0.3 is 14.2 Å². The van der Waals surface area contributed by atoms with Crippen LogP contribution in [-0.4, -0.2) is 40.6 Å². The third-order valence-electron chi connectivity index (χ3n) is 4.46. The van der Waals surface area contributed by atoms with Crippen molar-refractivity contribution in [3.63, 3.8) is 0 Å². The van der Waals surface area contributed by atoms with E-state index in [1.807, 2.05) is 0 Å². The lowest BCUT2D eigenvalue weighted by Gasteiger charge is -2.31. The molecule has 2 aliphatic rings. The molecule has 1 N–H and O–H groups in total. The summed E-state index contributed by atoms with van der Waals surface area (Å²) in [5.41, 5.74) is 0. The average molecular weight is 359 g/mol. The second kappa shape index (κ2) is 6.95. The van der Waals surface area contributed by atoms with Gasteiger partial charge in [0, 0.05) is 19.4 Å². The molecule has 0 radical (unpaired) electrons. The van der Waals surface area contributed by atoms with Crippen LogP contribution in [0.4, 0.5) is 4.39 Å². The van der Waals surface area contributed by atoms with Gasteiger partial charge in [-0.3, -0.25) is 0 Å². The second-order valence-corrected chi connectivity index (χ2v) is 7.94. The number of ether oxygens (including phenoxy) is 3. The van der Waals surface area contributed by atoms with E-state index in [-0.39, 0.29) is 23.3 Å². The number of halogens is 1. The summed E-state index contributed by atoms with van der Waals surface area (Å²) in [6, 6.07) is 3.53. The van der Waals surface area contributed by atoms with Crippen molar-refractivity contribution in [2.75, 3.05) is 20.3 Å². The molecule has 1 heterocycles. The van der Waals surface area contributed by atoms with Crippen LogP contribution in [0.25, 0.3) is 0 Å². The van der Waals surface area contributed by atoms with E-state index in [9.17, 15) is 12.8 Å². The largest absolute Gasteiger partial charge is 0.494 e. The Bertz CT molecular complexity index is 688. The van der Waals surface area contributed by atoms with E-state index in [1.54, 1.807) is 0 Å². The molecule has 134 valence electrons. The Morgan fingerprint density at radius 1 is 1.33 bits per heavy atom. The van der Waals surface area contributed by atoms with Crippen molar-refractivity contribution in [1.29, 1.82) is 0 Å². The summed E-state index contributed by atoms with van der Waals surface area (Å²) >= 11 is 0. The molecule has 2 fully saturated rings. The van der Waals surface area contributed by atoms with Crippen LogP contribution in [-0.2, 0) is 19.5 Å². The molecule has 1 spiro atoms. The van der Waals surface area contributed by atoms with Crippen LogP contribution < -0.4 is 9.46 Å². The zero-order valence-corrected chi connectivity index (χ0v) is 14.4. The van der Waals surface area contributed by atoms with Gasteiger partial charge in [0.1, 0.15) is 0 Å². The summed E-state index contributed by atoms with van der Waals surface area (Å²) in [7, 11) is -2.50. The number of benzene rings is 1. The summed E-state index contributed by atoms with van der Waals surface area (Å²) in [5, 5.41) is 0. The van der Waals surface area contributed by atoms with Gasteiger partial charge >= 0.3 is 0 Å². The molecular formula is C16H22FNO5S. The van der Waals surface area contributed by atoms with Gasteiger partial charge in [-0.1, -0.05) is 6.42 Å². The summed E-state index contributed by atoms with van der Waals surface area (Å²) in [6.45, 7) is 0.456. The first-order valence-electron chi connectivity index (χ1n) is 8.09. The van der Waals surface area contributed by atoms with E-state index in [1.165, 1.54) is 25.7 Å². The molecular weight excluding hydrogens is 337 g/mol. The number of methoxy groups -OCH3 is 1. The first-order valence-corrected chi connectivity index (χ1v) is 9.57. The van der Waals surface area contributed by atoms with Gasteiger partial charge in [-0.2, -0.15) is 0 Å². The maximum atomic E-state index is 13.7. The van der Waals surface area contributed by atoms with E-state index in [0.29, 0.717) is 6.61 Å². The molecule has 6 nitrogen and oxygen atoms in total. The summed E-state index contributed by atoms with van der Waals surface area (Å²) in [4.78, 5) is -0.146. The van der Waals surface area contributed by atoms with Crippen molar-refractivity contribution < 1.29 is 27.0 Å². The number of hydrogen-bond donors (Lipinski definition) is 1. The van der Waals surface area contributed by atoms with E-state index in [4.69, 9.17) is 14.2 Å². The normalized spacial score (nSPS) is 23.5. The number of hydrogen-bond acceptors (Lipinski definition) is 5. The van der Waals surface area contributed by atoms with Crippen molar-refractivity contribution >= 4 is 10.0 Å². The summed E-state index contributed by atoms with van der Waals surface area (Å²) < 4.78 is 57.3. The Kier molecular flexibility index (Phi) is 5.10. The van der Waals surface area contributed by atoms with Crippen molar-refractivity contribution in [3.05, 3.63) is 24.0 Å². The van der Waals surface area contributed by atoms with Gasteiger partial charge in [0.25, 0.3) is 0 Å². The lowest BCUT2D eigenvalue weighted by atomic mass is 9.94. The minimum absolute atomic E-state index is 0.000663. The quantitative estimate of drug-likeness (QED) is 0.872. The van der Waals surface area contributed by atoms with Crippen molar-refractivity contribution in [2.24, 2.45) is 0 Å². The molecule has 1 aliphatic heterocycles. The predicted molar refractivity (Wildman–Crippen MR) is 84.8 cm³/mol. The van der Waals surface area contributed by atoms with Gasteiger partial charge in [0.05, 0.1) is 24.7 Å². The zero-order valence-electron chi connectivity index (χ0n) is 13.6. The highest BCUT2D eigenvalue weighted by Crippen LogP contribution is 2.37. The fourth-order valence-electron chi connectivity index (χ4n) is 3.17. The molecule has 0 aromatic heterocycles. The Morgan fingerprint density at radius 2 is 2.08 bits per heavy atom. The molecule has 3 rings (SSSR count). The van der Waals surface area contributed by atoms with E-state index >= 15 is 0 Å². The Balaban J connectivity index is 1.60. The fraction of sp³-hybridized carbons (Fsp3) is 0.625. The summed E-state index contributed by atoms with van der Waals surface area (Å²) in [6.07, 6.45) is 4.66. The number of sulfonamides is 1. The zero-order chi connectivity index (χ0) is 17.2. The Morgan fingerprint density at radius 3 is 2.75 bits per heavy atom. The molecule has 1 aliphatic carbocycles. The third-order valence-corrected chi connectivity index (χ3v) is 5.88. The second-order valence-electron chi connectivity index (χ2n) is 6.17. The minimum atomic E-state index is -3.82. The fourth-order valence-corrected chi connectivity index (χ4v) is 4.25. The lowest BCUT2D eigenvalue weighted by molar-refractivity contribution is -0.186. The van der Waals surface area contributed by atoms with Crippen LogP contribution in [0, 0.1) is 5.82 Å². The van der Waals surface area contributed by atoms with Crippen LogP contribution >= 0.6 is 0 Å². The number of nitrogens with one attached hydrogen (secondary N) is 1. The van der Waals surface area contributed by atoms with Crippen molar-refractivity contribution in [3.8, 4) is 5.75 Å². The molecule has 0 bridgehead atoms. The number of rotatable bonds is 5. The maximum absolute atomic E-state index is 13.7. The van der Waals surface area contributed by atoms with Crippen LogP contribution in [0.1, 0.15) is 32.1 Å². The smallest absolute Gasteiger partial charge is 0.240 e. The Labute approximate surface area is 141 Å². The monoisotopic (exact) mass is 359 g/mol. The van der Waals surface area contributed by atoms with E-state index in [2.05, 4.69) is 4.72 Å². The van der Waals surface area contributed by atoms with Crippen LogP contribution in [0.15, 0.2) is 23.1 Å². The highest BCUT2D eigenvalue weighted by molar-refractivity contribution is 7.89.